The molecule has 1 saturated heterocycles. The van der Waals surface area contributed by atoms with E-state index in [1.165, 1.54) is 6.08 Å². The van der Waals surface area contributed by atoms with E-state index in [9.17, 15) is 14.4 Å². The number of amides is 3. The second-order valence-corrected chi connectivity index (χ2v) is 9.20. The van der Waals surface area contributed by atoms with Crippen LogP contribution in [0, 0.1) is 0 Å². The first-order chi connectivity index (χ1) is 16.2. The number of nitrogens with zero attached hydrogens (tertiary/aromatic N) is 1. The maximum absolute atomic E-state index is 12.8. The van der Waals surface area contributed by atoms with Gasteiger partial charge in [0.25, 0.3) is 11.1 Å². The molecule has 34 heavy (non-hydrogen) atoms. The minimum absolute atomic E-state index is 0.0593. The lowest BCUT2D eigenvalue weighted by Crippen LogP contribution is -2.36. The minimum Gasteiger partial charge on any atom is -0.490 e. The standard InChI is InChI=1S/C24H24Cl2N2O5S/c1-4-14(3)33-22-17(26)10-15(11-19(22)32-5-2)12-20-23(30)28(24(31)34-20)13-21(29)27-18-9-7-6-8-16(18)25/h6-12,14H,4-5,13H2,1-3H3,(H,27,29)/b20-12+/t14-/m0/s1. The van der Waals surface area contributed by atoms with Gasteiger partial charge in [0.1, 0.15) is 6.54 Å². The van der Waals surface area contributed by atoms with Crippen molar-refractivity contribution < 1.29 is 23.9 Å². The van der Waals surface area contributed by atoms with Crippen LogP contribution in [0.3, 0.4) is 0 Å². The molecule has 7 nitrogen and oxygen atoms in total. The molecule has 0 saturated carbocycles. The first kappa shape index (κ1) is 25.9. The summed E-state index contributed by atoms with van der Waals surface area (Å²) < 4.78 is 11.6. The van der Waals surface area contributed by atoms with Crippen LogP contribution in [-0.4, -0.2) is 41.2 Å². The lowest BCUT2D eigenvalue weighted by molar-refractivity contribution is -0.127. The molecule has 0 radical (unpaired) electrons. The first-order valence-electron chi connectivity index (χ1n) is 10.7. The smallest absolute Gasteiger partial charge is 0.294 e. The predicted octanol–water partition coefficient (Wildman–Crippen LogP) is 6.24. The van der Waals surface area contributed by atoms with Crippen molar-refractivity contribution in [1.82, 2.24) is 4.90 Å². The average molecular weight is 523 g/mol. The molecule has 2 aromatic carbocycles. The van der Waals surface area contributed by atoms with Gasteiger partial charge in [-0.15, -0.1) is 0 Å². The maximum atomic E-state index is 12.8. The molecule has 1 heterocycles. The summed E-state index contributed by atoms with van der Waals surface area (Å²) in [6.07, 6.45) is 2.27. The number of thioether (sulfide) groups is 1. The van der Waals surface area contributed by atoms with Crippen molar-refractivity contribution in [3.63, 3.8) is 0 Å². The molecule has 1 atom stereocenters. The molecule has 10 heteroatoms. The summed E-state index contributed by atoms with van der Waals surface area (Å²) in [5, 5.41) is 2.75. The zero-order valence-corrected chi connectivity index (χ0v) is 21.2. The van der Waals surface area contributed by atoms with E-state index in [4.69, 9.17) is 32.7 Å². The quantitative estimate of drug-likeness (QED) is 0.392. The highest BCUT2D eigenvalue weighted by Crippen LogP contribution is 2.40. The summed E-state index contributed by atoms with van der Waals surface area (Å²) >= 11 is 13.2. The van der Waals surface area contributed by atoms with Crippen LogP contribution < -0.4 is 14.8 Å². The lowest BCUT2D eigenvalue weighted by atomic mass is 10.1. The SMILES string of the molecule is CCOc1cc(/C=C2/SC(=O)N(CC(=O)Nc3ccccc3Cl)C2=O)cc(Cl)c1O[C@@H](C)CC. The molecular formula is C24H24Cl2N2O5S. The van der Waals surface area contributed by atoms with Crippen LogP contribution >= 0.6 is 35.0 Å². The highest BCUT2D eigenvalue weighted by Gasteiger charge is 2.36. The van der Waals surface area contributed by atoms with Crippen molar-refractivity contribution in [3.05, 3.63) is 56.9 Å². The molecule has 2 aromatic rings. The van der Waals surface area contributed by atoms with Crippen molar-refractivity contribution in [2.24, 2.45) is 0 Å². The Balaban J connectivity index is 1.78. The van der Waals surface area contributed by atoms with Gasteiger partial charge in [-0.05, 0) is 67.9 Å². The van der Waals surface area contributed by atoms with Gasteiger partial charge in [-0.25, -0.2) is 0 Å². The summed E-state index contributed by atoms with van der Waals surface area (Å²) in [5.74, 6) is -0.234. The van der Waals surface area contributed by atoms with Gasteiger partial charge in [-0.1, -0.05) is 42.3 Å². The number of nitrogens with one attached hydrogen (secondary N) is 1. The minimum atomic E-state index is -0.571. The monoisotopic (exact) mass is 522 g/mol. The molecule has 0 bridgehead atoms. The van der Waals surface area contributed by atoms with E-state index >= 15 is 0 Å². The summed E-state index contributed by atoms with van der Waals surface area (Å²) in [5.41, 5.74) is 0.963. The van der Waals surface area contributed by atoms with Crippen LogP contribution in [0.1, 0.15) is 32.8 Å². The number of carbonyl (C=O) groups is 3. The fraction of sp³-hybridized carbons (Fsp3) is 0.292. The van der Waals surface area contributed by atoms with E-state index in [0.717, 1.165) is 23.1 Å². The van der Waals surface area contributed by atoms with Crippen LogP contribution in [0.2, 0.25) is 10.0 Å². The van der Waals surface area contributed by atoms with E-state index in [1.807, 2.05) is 20.8 Å². The zero-order valence-electron chi connectivity index (χ0n) is 18.9. The van der Waals surface area contributed by atoms with Crippen LogP contribution in [0.15, 0.2) is 41.3 Å². The van der Waals surface area contributed by atoms with Crippen LogP contribution in [0.25, 0.3) is 6.08 Å². The highest BCUT2D eigenvalue weighted by atomic mass is 35.5. The molecule has 0 unspecified atom stereocenters. The van der Waals surface area contributed by atoms with Gasteiger partial charge < -0.3 is 14.8 Å². The third kappa shape index (κ3) is 6.25. The topological polar surface area (TPSA) is 84.9 Å². The normalized spacial score (nSPS) is 15.6. The average Bonchev–Trinajstić information content (AvgIpc) is 3.05. The summed E-state index contributed by atoms with van der Waals surface area (Å²) in [7, 11) is 0. The summed E-state index contributed by atoms with van der Waals surface area (Å²) in [4.78, 5) is 38.7. The number of imide groups is 1. The zero-order chi connectivity index (χ0) is 24.8. The Kier molecular flexibility index (Phi) is 8.88. The molecule has 3 amide bonds. The number of ether oxygens (including phenoxy) is 2. The number of anilines is 1. The second-order valence-electron chi connectivity index (χ2n) is 7.40. The van der Waals surface area contributed by atoms with Crippen LogP contribution in [0.4, 0.5) is 10.5 Å². The molecule has 3 rings (SSSR count). The largest absolute Gasteiger partial charge is 0.490 e. The summed E-state index contributed by atoms with van der Waals surface area (Å²) in [6, 6.07) is 10.0. The number of hydrogen-bond donors (Lipinski definition) is 1. The Labute approximate surface area is 212 Å². The van der Waals surface area contributed by atoms with Gasteiger partial charge >= 0.3 is 0 Å². The molecule has 1 N–H and O–H groups in total. The Bertz CT molecular complexity index is 1140. The molecule has 180 valence electrons. The molecule has 0 aromatic heterocycles. The van der Waals surface area contributed by atoms with Gasteiger partial charge in [0.15, 0.2) is 11.5 Å². The van der Waals surface area contributed by atoms with Gasteiger partial charge in [0.2, 0.25) is 5.91 Å². The first-order valence-corrected chi connectivity index (χ1v) is 12.2. The Hall–Kier alpha value is -2.68. The second kappa shape index (κ2) is 11.6. The van der Waals surface area contributed by atoms with E-state index in [1.54, 1.807) is 36.4 Å². The number of benzene rings is 2. The molecular weight excluding hydrogens is 499 g/mol. The van der Waals surface area contributed by atoms with Crippen molar-refractivity contribution in [3.8, 4) is 11.5 Å². The maximum Gasteiger partial charge on any atom is 0.294 e. The van der Waals surface area contributed by atoms with Crippen molar-refractivity contribution in [2.75, 3.05) is 18.5 Å². The number of rotatable bonds is 9. The van der Waals surface area contributed by atoms with Crippen molar-refractivity contribution in [2.45, 2.75) is 33.3 Å². The Morgan fingerprint density at radius 1 is 1.18 bits per heavy atom. The van der Waals surface area contributed by atoms with Crippen molar-refractivity contribution >= 4 is 63.8 Å². The molecule has 1 aliphatic rings. The van der Waals surface area contributed by atoms with Gasteiger partial charge in [0, 0.05) is 0 Å². The molecule has 0 aliphatic carbocycles. The molecule has 0 spiro atoms. The fourth-order valence-corrected chi connectivity index (χ4v) is 4.30. The van der Waals surface area contributed by atoms with Gasteiger partial charge in [-0.2, -0.15) is 0 Å². The summed E-state index contributed by atoms with van der Waals surface area (Å²) in [6.45, 7) is 5.73. The van der Waals surface area contributed by atoms with E-state index in [0.29, 0.717) is 39.4 Å². The third-order valence-electron chi connectivity index (χ3n) is 4.85. The van der Waals surface area contributed by atoms with Gasteiger partial charge in [0.05, 0.1) is 33.3 Å². The fourth-order valence-electron chi connectivity index (χ4n) is 3.02. The Morgan fingerprint density at radius 2 is 1.91 bits per heavy atom. The number of halogens is 2. The third-order valence-corrected chi connectivity index (χ3v) is 6.36. The van der Waals surface area contributed by atoms with Crippen molar-refractivity contribution in [1.29, 1.82) is 0 Å². The van der Waals surface area contributed by atoms with Crippen LogP contribution in [-0.2, 0) is 9.59 Å². The van der Waals surface area contributed by atoms with E-state index in [2.05, 4.69) is 5.32 Å². The van der Waals surface area contributed by atoms with Gasteiger partial charge in [-0.3, -0.25) is 19.3 Å². The number of hydrogen-bond acceptors (Lipinski definition) is 6. The highest BCUT2D eigenvalue weighted by molar-refractivity contribution is 8.18. The van der Waals surface area contributed by atoms with E-state index < -0.39 is 23.6 Å². The molecule has 1 fully saturated rings. The number of para-hydroxylation sites is 1. The van der Waals surface area contributed by atoms with E-state index in [-0.39, 0.29) is 11.0 Å². The van der Waals surface area contributed by atoms with Crippen LogP contribution in [0.5, 0.6) is 11.5 Å². The number of carbonyl (C=O) groups excluding carboxylic acids is 3. The molecule has 1 aliphatic heterocycles. The predicted molar refractivity (Wildman–Crippen MR) is 136 cm³/mol. The Morgan fingerprint density at radius 3 is 2.59 bits per heavy atom. The lowest BCUT2D eigenvalue weighted by Gasteiger charge is -2.18.